The Kier molecular flexibility index (Phi) is 6.64. The third kappa shape index (κ3) is 5.54. The SMILES string of the molecule is O=C(C[C@@H](Cc1ccccc1)C(=O)N[C@@H](Cc1c[nH]cn1)C(=O)O)c1cc2ccccc2o1. The molecule has 8 heteroatoms. The van der Waals surface area contributed by atoms with E-state index >= 15 is 0 Å². The number of H-pyrrole nitrogens is 1. The maximum absolute atomic E-state index is 13.1. The lowest BCUT2D eigenvalue weighted by Crippen LogP contribution is -2.45. The first-order valence-electron chi connectivity index (χ1n) is 10.6. The number of hydrogen-bond acceptors (Lipinski definition) is 5. The Morgan fingerprint density at radius 1 is 1.03 bits per heavy atom. The van der Waals surface area contributed by atoms with Crippen LogP contribution in [0.1, 0.15) is 28.2 Å². The highest BCUT2D eigenvalue weighted by atomic mass is 16.4. The zero-order valence-electron chi connectivity index (χ0n) is 17.7. The molecule has 0 fully saturated rings. The van der Waals surface area contributed by atoms with Crippen LogP contribution in [0.4, 0.5) is 0 Å². The Morgan fingerprint density at radius 2 is 1.79 bits per heavy atom. The number of carboxylic acid groups (broad SMARTS) is 1. The summed E-state index contributed by atoms with van der Waals surface area (Å²) in [6.07, 6.45) is 3.22. The number of aliphatic carboxylic acids is 1. The molecule has 2 atom stereocenters. The molecule has 1 amide bonds. The van der Waals surface area contributed by atoms with Gasteiger partial charge in [0.05, 0.1) is 12.0 Å². The fourth-order valence-electron chi connectivity index (χ4n) is 3.70. The van der Waals surface area contributed by atoms with Crippen molar-refractivity contribution in [3.8, 4) is 0 Å². The standard InChI is InChI=1S/C25H23N3O5/c29-21(23-12-17-8-4-5-9-22(17)33-23)11-18(10-16-6-2-1-3-7-16)24(30)28-20(25(31)32)13-19-14-26-15-27-19/h1-9,12,14-15,18,20H,10-11,13H2,(H,26,27)(H,28,30)(H,31,32)/t18-,20+/m1/s1. The summed E-state index contributed by atoms with van der Waals surface area (Å²) in [7, 11) is 0. The molecule has 4 aromatic rings. The number of imidazole rings is 1. The number of benzene rings is 2. The highest BCUT2D eigenvalue weighted by Gasteiger charge is 2.29. The number of aromatic nitrogens is 2. The van der Waals surface area contributed by atoms with E-state index in [1.165, 1.54) is 6.33 Å². The number of fused-ring (bicyclic) bond motifs is 1. The van der Waals surface area contributed by atoms with E-state index in [0.29, 0.717) is 11.3 Å². The number of carboxylic acids is 1. The maximum Gasteiger partial charge on any atom is 0.326 e. The molecule has 0 unspecified atom stereocenters. The van der Waals surface area contributed by atoms with Gasteiger partial charge in [-0.2, -0.15) is 0 Å². The molecule has 2 aromatic heterocycles. The van der Waals surface area contributed by atoms with Gasteiger partial charge in [-0.15, -0.1) is 0 Å². The number of ketones is 1. The Morgan fingerprint density at radius 3 is 2.48 bits per heavy atom. The maximum atomic E-state index is 13.1. The Labute approximate surface area is 189 Å². The lowest BCUT2D eigenvalue weighted by Gasteiger charge is -2.19. The van der Waals surface area contributed by atoms with Crippen molar-refractivity contribution >= 4 is 28.6 Å². The number of aromatic amines is 1. The van der Waals surface area contributed by atoms with Crippen LogP contribution in [0, 0.1) is 5.92 Å². The minimum atomic E-state index is -1.17. The average Bonchev–Trinajstić information content (AvgIpc) is 3.48. The molecule has 0 aliphatic heterocycles. The second-order valence-electron chi connectivity index (χ2n) is 7.83. The summed E-state index contributed by atoms with van der Waals surface area (Å²) >= 11 is 0. The molecule has 0 radical (unpaired) electrons. The van der Waals surface area contributed by atoms with Gasteiger partial charge in [-0.1, -0.05) is 48.5 Å². The molecule has 0 aliphatic rings. The summed E-state index contributed by atoms with van der Waals surface area (Å²) < 4.78 is 5.66. The van der Waals surface area contributed by atoms with Crippen molar-refractivity contribution in [3.05, 3.63) is 90.2 Å². The summed E-state index contributed by atoms with van der Waals surface area (Å²) in [6.45, 7) is 0. The number of carbonyl (C=O) groups is 3. The molecule has 33 heavy (non-hydrogen) atoms. The predicted octanol–water partition coefficient (Wildman–Crippen LogP) is 3.40. The van der Waals surface area contributed by atoms with Crippen molar-refractivity contribution in [1.82, 2.24) is 15.3 Å². The Balaban J connectivity index is 1.53. The highest BCUT2D eigenvalue weighted by Crippen LogP contribution is 2.23. The fourth-order valence-corrected chi connectivity index (χ4v) is 3.70. The first kappa shape index (κ1) is 22.0. The summed E-state index contributed by atoms with van der Waals surface area (Å²) in [4.78, 5) is 44.7. The number of carbonyl (C=O) groups excluding carboxylic acids is 2. The second kappa shape index (κ2) is 9.95. The van der Waals surface area contributed by atoms with Gasteiger partial charge in [-0.05, 0) is 24.1 Å². The molecule has 0 bridgehead atoms. The van der Waals surface area contributed by atoms with Crippen molar-refractivity contribution in [2.45, 2.75) is 25.3 Å². The van der Waals surface area contributed by atoms with Gasteiger partial charge in [0.25, 0.3) is 0 Å². The number of furan rings is 1. The number of rotatable bonds is 10. The zero-order valence-corrected chi connectivity index (χ0v) is 17.7. The summed E-state index contributed by atoms with van der Waals surface area (Å²) in [5, 5.41) is 13.0. The van der Waals surface area contributed by atoms with Crippen molar-refractivity contribution in [2.75, 3.05) is 0 Å². The Bertz CT molecular complexity index is 1210. The lowest BCUT2D eigenvalue weighted by atomic mass is 9.92. The van der Waals surface area contributed by atoms with E-state index in [-0.39, 0.29) is 30.8 Å². The van der Waals surface area contributed by atoms with Gasteiger partial charge in [0, 0.05) is 30.3 Å². The van der Waals surface area contributed by atoms with Crippen LogP contribution in [0.15, 0.2) is 77.6 Å². The van der Waals surface area contributed by atoms with E-state index in [4.69, 9.17) is 4.42 Å². The van der Waals surface area contributed by atoms with E-state index in [2.05, 4.69) is 15.3 Å². The van der Waals surface area contributed by atoms with Crippen LogP contribution in [-0.2, 0) is 22.4 Å². The van der Waals surface area contributed by atoms with Crippen LogP contribution in [0.5, 0.6) is 0 Å². The molecule has 0 saturated heterocycles. The van der Waals surface area contributed by atoms with Crippen molar-refractivity contribution in [1.29, 1.82) is 0 Å². The first-order chi connectivity index (χ1) is 16.0. The van der Waals surface area contributed by atoms with Crippen LogP contribution in [0.2, 0.25) is 0 Å². The molecule has 3 N–H and O–H groups in total. The summed E-state index contributed by atoms with van der Waals surface area (Å²) in [6, 6.07) is 17.1. The minimum Gasteiger partial charge on any atom is -0.480 e. The molecule has 0 aliphatic carbocycles. The molecule has 2 aromatic carbocycles. The van der Waals surface area contributed by atoms with Gasteiger partial charge in [0.2, 0.25) is 5.91 Å². The van der Waals surface area contributed by atoms with Crippen molar-refractivity contribution in [2.24, 2.45) is 5.92 Å². The molecular formula is C25H23N3O5. The number of Topliss-reactive ketones (excluding diaryl/α,β-unsaturated/α-hetero) is 1. The van der Waals surface area contributed by atoms with Crippen LogP contribution >= 0.6 is 0 Å². The summed E-state index contributed by atoms with van der Waals surface area (Å²) in [5.41, 5.74) is 1.98. The molecule has 8 nitrogen and oxygen atoms in total. The van der Waals surface area contributed by atoms with Crippen LogP contribution in [0.3, 0.4) is 0 Å². The van der Waals surface area contributed by atoms with Gasteiger partial charge >= 0.3 is 5.97 Å². The monoisotopic (exact) mass is 445 g/mol. The van der Waals surface area contributed by atoms with Gasteiger partial charge in [-0.25, -0.2) is 9.78 Å². The van der Waals surface area contributed by atoms with E-state index in [9.17, 15) is 19.5 Å². The third-order valence-electron chi connectivity index (χ3n) is 5.41. The molecule has 4 rings (SSSR count). The van der Waals surface area contributed by atoms with Gasteiger partial charge in [0.1, 0.15) is 11.6 Å². The van der Waals surface area contributed by atoms with Gasteiger partial charge in [0.15, 0.2) is 11.5 Å². The molecular weight excluding hydrogens is 422 g/mol. The first-order valence-corrected chi connectivity index (χ1v) is 10.6. The number of para-hydroxylation sites is 1. The highest BCUT2D eigenvalue weighted by molar-refractivity contribution is 6.00. The number of nitrogens with one attached hydrogen (secondary N) is 2. The lowest BCUT2D eigenvalue weighted by molar-refractivity contribution is -0.142. The molecule has 0 spiro atoms. The zero-order chi connectivity index (χ0) is 23.2. The predicted molar refractivity (Wildman–Crippen MR) is 121 cm³/mol. The number of nitrogens with zero attached hydrogens (tertiary/aromatic N) is 1. The normalized spacial score (nSPS) is 12.8. The Hall–Kier alpha value is -4.20. The summed E-state index contributed by atoms with van der Waals surface area (Å²) in [5.74, 6) is -2.59. The van der Waals surface area contributed by atoms with E-state index in [1.54, 1.807) is 18.3 Å². The number of hydrogen-bond donors (Lipinski definition) is 3. The second-order valence-corrected chi connectivity index (χ2v) is 7.83. The third-order valence-corrected chi connectivity index (χ3v) is 5.41. The van der Waals surface area contributed by atoms with Gasteiger partial charge < -0.3 is 19.8 Å². The fraction of sp³-hybridized carbons (Fsp3) is 0.200. The largest absolute Gasteiger partial charge is 0.480 e. The average molecular weight is 445 g/mol. The van der Waals surface area contributed by atoms with Crippen LogP contribution in [-0.4, -0.2) is 38.8 Å². The van der Waals surface area contributed by atoms with E-state index < -0.39 is 23.8 Å². The molecule has 168 valence electrons. The topological polar surface area (TPSA) is 125 Å². The van der Waals surface area contributed by atoms with Crippen LogP contribution in [0.25, 0.3) is 11.0 Å². The molecule has 2 heterocycles. The molecule has 0 saturated carbocycles. The van der Waals surface area contributed by atoms with Crippen LogP contribution < -0.4 is 5.32 Å². The quantitative estimate of drug-likeness (QED) is 0.321. The number of amides is 1. The van der Waals surface area contributed by atoms with Crippen molar-refractivity contribution in [3.63, 3.8) is 0 Å². The van der Waals surface area contributed by atoms with Gasteiger partial charge in [-0.3, -0.25) is 9.59 Å². The van der Waals surface area contributed by atoms with E-state index in [1.807, 2.05) is 48.5 Å². The van der Waals surface area contributed by atoms with Crippen molar-refractivity contribution < 1.29 is 23.9 Å². The smallest absolute Gasteiger partial charge is 0.326 e. The minimum absolute atomic E-state index is 0.0279. The van der Waals surface area contributed by atoms with E-state index in [0.717, 1.165) is 10.9 Å².